The Morgan fingerprint density at radius 3 is 2.92 bits per heavy atom. The van der Waals surface area contributed by atoms with Crippen molar-refractivity contribution in [3.05, 3.63) is 54.6 Å². The van der Waals surface area contributed by atoms with E-state index in [0.29, 0.717) is 0 Å². The quantitative estimate of drug-likeness (QED) is 0.860. The highest BCUT2D eigenvalue weighted by molar-refractivity contribution is 5.44. The first-order valence-electron chi connectivity index (χ1n) is 9.18. The maximum atomic E-state index is 6.03. The first-order chi connectivity index (χ1) is 12.3. The van der Waals surface area contributed by atoms with Gasteiger partial charge in [0.25, 0.3) is 0 Å². The molecule has 0 N–H and O–H groups in total. The van der Waals surface area contributed by atoms with Crippen LogP contribution >= 0.6 is 0 Å². The van der Waals surface area contributed by atoms with Crippen molar-refractivity contribution in [2.24, 2.45) is 5.41 Å². The van der Waals surface area contributed by atoms with Crippen molar-refractivity contribution in [2.45, 2.75) is 19.4 Å². The van der Waals surface area contributed by atoms with E-state index in [2.05, 4.69) is 38.0 Å². The summed E-state index contributed by atoms with van der Waals surface area (Å²) in [7, 11) is 0. The lowest BCUT2D eigenvalue weighted by Gasteiger charge is -2.43. The molecule has 0 saturated carbocycles. The van der Waals surface area contributed by atoms with E-state index in [1.165, 1.54) is 18.5 Å². The van der Waals surface area contributed by atoms with Crippen molar-refractivity contribution in [3.63, 3.8) is 0 Å². The van der Waals surface area contributed by atoms with Gasteiger partial charge in [-0.25, -0.2) is 0 Å². The third kappa shape index (κ3) is 3.99. The average molecular weight is 338 g/mol. The molecule has 0 bridgehead atoms. The van der Waals surface area contributed by atoms with Crippen molar-refractivity contribution in [1.82, 2.24) is 14.9 Å². The van der Waals surface area contributed by atoms with Crippen LogP contribution in [0.5, 0.6) is 0 Å². The molecule has 1 spiro atoms. The zero-order chi connectivity index (χ0) is 17.0. The Labute approximate surface area is 149 Å². The van der Waals surface area contributed by atoms with Crippen LogP contribution in [0.2, 0.25) is 0 Å². The van der Waals surface area contributed by atoms with Crippen LogP contribution in [0.25, 0.3) is 0 Å². The van der Waals surface area contributed by atoms with E-state index in [-0.39, 0.29) is 5.41 Å². The highest BCUT2D eigenvalue weighted by Crippen LogP contribution is 2.34. The molecule has 2 aromatic rings. The number of hydrogen-bond donors (Lipinski definition) is 0. The fraction of sp³-hybridized carbons (Fsp3) is 0.500. The molecule has 0 aliphatic carbocycles. The third-order valence-electron chi connectivity index (χ3n) is 5.30. The molecule has 2 aliphatic rings. The number of nitrogens with zero attached hydrogens (tertiary/aromatic N) is 4. The summed E-state index contributed by atoms with van der Waals surface area (Å²) in [5.74, 6) is 0. The Balaban J connectivity index is 1.49. The summed E-state index contributed by atoms with van der Waals surface area (Å²) in [6, 6.07) is 10.3. The second-order valence-electron chi connectivity index (χ2n) is 7.32. The number of piperidine rings is 1. The number of ether oxygens (including phenoxy) is 1. The lowest BCUT2D eigenvalue weighted by Crippen LogP contribution is -2.50. The molecule has 2 aliphatic heterocycles. The van der Waals surface area contributed by atoms with Crippen LogP contribution in [-0.2, 0) is 11.3 Å². The molecular weight excluding hydrogens is 312 g/mol. The summed E-state index contributed by atoms with van der Waals surface area (Å²) >= 11 is 0. The van der Waals surface area contributed by atoms with Crippen molar-refractivity contribution in [1.29, 1.82) is 0 Å². The molecule has 1 atom stereocenters. The maximum Gasteiger partial charge on any atom is 0.0641 e. The Morgan fingerprint density at radius 1 is 1.08 bits per heavy atom. The number of anilines is 1. The van der Waals surface area contributed by atoms with Gasteiger partial charge in [0.1, 0.15) is 0 Å². The minimum absolute atomic E-state index is 0.194. The Hall–Kier alpha value is -1.98. The number of hydrogen-bond acceptors (Lipinski definition) is 5. The molecule has 1 unspecified atom stereocenters. The van der Waals surface area contributed by atoms with Crippen molar-refractivity contribution >= 4 is 5.69 Å². The van der Waals surface area contributed by atoms with Crippen LogP contribution in [0, 0.1) is 5.41 Å². The first kappa shape index (κ1) is 16.5. The highest BCUT2D eigenvalue weighted by Gasteiger charge is 2.39. The lowest BCUT2D eigenvalue weighted by molar-refractivity contribution is 0.0103. The van der Waals surface area contributed by atoms with Crippen molar-refractivity contribution in [3.8, 4) is 0 Å². The molecule has 4 heterocycles. The SMILES string of the molecule is c1ccc(CN2CCCC3(COCCN(c4cccnc4)C3)C2)nc1. The monoisotopic (exact) mass is 338 g/mol. The van der Waals surface area contributed by atoms with Crippen molar-refractivity contribution in [2.75, 3.05) is 44.3 Å². The number of likely N-dealkylation sites (tertiary alicyclic amines) is 1. The molecule has 5 nitrogen and oxygen atoms in total. The van der Waals surface area contributed by atoms with E-state index in [0.717, 1.165) is 51.6 Å². The molecule has 0 aromatic carbocycles. The van der Waals surface area contributed by atoms with Gasteiger partial charge in [0, 0.05) is 44.0 Å². The average Bonchev–Trinajstić information content (AvgIpc) is 2.86. The maximum absolute atomic E-state index is 6.03. The molecular formula is C20H26N4O. The van der Waals surface area contributed by atoms with E-state index < -0.39 is 0 Å². The highest BCUT2D eigenvalue weighted by atomic mass is 16.5. The summed E-state index contributed by atoms with van der Waals surface area (Å²) in [6.07, 6.45) is 8.13. The van der Waals surface area contributed by atoms with Gasteiger partial charge in [-0.2, -0.15) is 0 Å². The molecule has 132 valence electrons. The normalized spacial score (nSPS) is 25.0. The van der Waals surface area contributed by atoms with Gasteiger partial charge in [-0.3, -0.25) is 14.9 Å². The number of aromatic nitrogens is 2. The fourth-order valence-electron chi connectivity index (χ4n) is 4.17. The summed E-state index contributed by atoms with van der Waals surface area (Å²) in [5, 5.41) is 0. The van der Waals surface area contributed by atoms with Gasteiger partial charge in [0.05, 0.1) is 30.8 Å². The summed E-state index contributed by atoms with van der Waals surface area (Å²) in [6.45, 7) is 6.76. The summed E-state index contributed by atoms with van der Waals surface area (Å²) < 4.78 is 6.03. The van der Waals surface area contributed by atoms with Crippen LogP contribution < -0.4 is 4.90 Å². The van der Waals surface area contributed by atoms with Crippen LogP contribution in [0.3, 0.4) is 0 Å². The van der Waals surface area contributed by atoms with E-state index in [4.69, 9.17) is 4.74 Å². The van der Waals surface area contributed by atoms with E-state index in [1.54, 1.807) is 0 Å². The molecule has 0 amide bonds. The number of pyridine rings is 2. The minimum Gasteiger partial charge on any atom is -0.379 e. The Bertz CT molecular complexity index is 666. The largest absolute Gasteiger partial charge is 0.379 e. The number of rotatable bonds is 3. The molecule has 5 heteroatoms. The van der Waals surface area contributed by atoms with Gasteiger partial charge < -0.3 is 9.64 Å². The molecule has 2 saturated heterocycles. The Kier molecular flexibility index (Phi) is 4.95. The van der Waals surface area contributed by atoms with E-state index in [1.807, 2.05) is 30.7 Å². The second-order valence-corrected chi connectivity index (χ2v) is 7.32. The van der Waals surface area contributed by atoms with Gasteiger partial charge in [-0.15, -0.1) is 0 Å². The first-order valence-corrected chi connectivity index (χ1v) is 9.18. The van der Waals surface area contributed by atoms with Gasteiger partial charge in [-0.1, -0.05) is 6.07 Å². The van der Waals surface area contributed by atoms with Gasteiger partial charge in [0.15, 0.2) is 0 Å². The van der Waals surface area contributed by atoms with Crippen LogP contribution in [-0.4, -0.2) is 54.3 Å². The summed E-state index contributed by atoms with van der Waals surface area (Å²) in [4.78, 5) is 13.8. The van der Waals surface area contributed by atoms with Crippen LogP contribution in [0.15, 0.2) is 48.9 Å². The van der Waals surface area contributed by atoms with E-state index >= 15 is 0 Å². The minimum atomic E-state index is 0.194. The molecule has 25 heavy (non-hydrogen) atoms. The van der Waals surface area contributed by atoms with Gasteiger partial charge in [0.2, 0.25) is 0 Å². The predicted molar refractivity (Wildman–Crippen MR) is 98.5 cm³/mol. The van der Waals surface area contributed by atoms with Crippen LogP contribution in [0.1, 0.15) is 18.5 Å². The van der Waals surface area contributed by atoms with Crippen molar-refractivity contribution < 1.29 is 4.74 Å². The molecule has 4 rings (SSSR count). The van der Waals surface area contributed by atoms with E-state index in [9.17, 15) is 0 Å². The van der Waals surface area contributed by atoms with Gasteiger partial charge >= 0.3 is 0 Å². The zero-order valence-corrected chi connectivity index (χ0v) is 14.7. The zero-order valence-electron chi connectivity index (χ0n) is 14.7. The Morgan fingerprint density at radius 2 is 2.08 bits per heavy atom. The van der Waals surface area contributed by atoms with Gasteiger partial charge in [-0.05, 0) is 43.7 Å². The van der Waals surface area contributed by atoms with Crippen LogP contribution in [0.4, 0.5) is 5.69 Å². The third-order valence-corrected chi connectivity index (χ3v) is 5.30. The lowest BCUT2D eigenvalue weighted by atomic mass is 9.80. The smallest absolute Gasteiger partial charge is 0.0641 e. The molecule has 0 radical (unpaired) electrons. The topological polar surface area (TPSA) is 41.5 Å². The molecule has 2 fully saturated rings. The fourth-order valence-corrected chi connectivity index (χ4v) is 4.17. The summed E-state index contributed by atoms with van der Waals surface area (Å²) in [5.41, 5.74) is 2.55. The predicted octanol–water partition coefficient (Wildman–Crippen LogP) is 2.60. The second kappa shape index (κ2) is 7.50. The molecule has 2 aromatic heterocycles. The standard InChI is InChI=1S/C20H26N4O/c1-2-9-22-18(5-1)14-23-10-4-7-20(15-23)16-24(11-12-25-17-20)19-6-3-8-21-13-19/h1-3,5-6,8-9,13H,4,7,10-12,14-17H2.